The predicted octanol–water partition coefficient (Wildman–Crippen LogP) is 0.447. The van der Waals surface area contributed by atoms with Gasteiger partial charge < -0.3 is 10.2 Å². The van der Waals surface area contributed by atoms with Crippen LogP contribution in [0.15, 0.2) is 12.4 Å². The van der Waals surface area contributed by atoms with E-state index < -0.39 is 13.0 Å². The molecule has 0 aliphatic carbocycles. The third-order valence-electron chi connectivity index (χ3n) is 3.47. The number of alkyl halides is 2. The lowest BCUT2D eigenvalue weighted by molar-refractivity contribution is -0.135. The fraction of sp³-hybridized carbons (Fsp3) is 0.667. The first-order valence-corrected chi connectivity index (χ1v) is 6.21. The van der Waals surface area contributed by atoms with Crippen molar-refractivity contribution in [3.05, 3.63) is 18.0 Å². The SMILES string of the molecule is CN(CC(F)F)C(=O)[C@H]1CNC[C@@H]1c1cnn(C)c1. The summed E-state index contributed by atoms with van der Waals surface area (Å²) in [4.78, 5) is 13.3. The molecule has 0 bridgehead atoms. The maximum atomic E-state index is 12.3. The summed E-state index contributed by atoms with van der Waals surface area (Å²) in [6.45, 7) is 0.672. The third kappa shape index (κ3) is 3.09. The molecular weight excluding hydrogens is 254 g/mol. The normalized spacial score (nSPS) is 23.0. The minimum absolute atomic E-state index is 0.00122. The molecule has 2 rings (SSSR count). The highest BCUT2D eigenvalue weighted by Gasteiger charge is 2.36. The summed E-state index contributed by atoms with van der Waals surface area (Å²) >= 11 is 0. The molecule has 1 aliphatic rings. The minimum atomic E-state index is -2.50. The summed E-state index contributed by atoms with van der Waals surface area (Å²) in [6, 6.07) is 0. The van der Waals surface area contributed by atoms with Crippen molar-refractivity contribution in [1.29, 1.82) is 0 Å². The van der Waals surface area contributed by atoms with E-state index in [4.69, 9.17) is 0 Å². The van der Waals surface area contributed by atoms with Gasteiger partial charge in [-0.3, -0.25) is 9.48 Å². The smallest absolute Gasteiger partial charge is 0.255 e. The number of amides is 1. The number of carbonyl (C=O) groups excluding carboxylic acids is 1. The van der Waals surface area contributed by atoms with Gasteiger partial charge in [0.25, 0.3) is 6.43 Å². The van der Waals surface area contributed by atoms with Crippen LogP contribution in [0.5, 0.6) is 0 Å². The van der Waals surface area contributed by atoms with E-state index in [9.17, 15) is 13.6 Å². The van der Waals surface area contributed by atoms with Crippen LogP contribution in [0.1, 0.15) is 11.5 Å². The Kier molecular flexibility index (Phi) is 4.14. The lowest BCUT2D eigenvalue weighted by atomic mass is 9.90. The molecule has 0 radical (unpaired) electrons. The number of rotatable bonds is 4. The Morgan fingerprint density at radius 2 is 2.37 bits per heavy atom. The maximum absolute atomic E-state index is 12.3. The zero-order chi connectivity index (χ0) is 14.0. The van der Waals surface area contributed by atoms with Gasteiger partial charge in [0.05, 0.1) is 18.7 Å². The molecule has 0 aromatic carbocycles. The van der Waals surface area contributed by atoms with Crippen LogP contribution in [-0.4, -0.2) is 53.7 Å². The predicted molar refractivity (Wildman–Crippen MR) is 65.9 cm³/mol. The van der Waals surface area contributed by atoms with Crippen molar-refractivity contribution in [3.8, 4) is 0 Å². The maximum Gasteiger partial charge on any atom is 0.255 e. The zero-order valence-corrected chi connectivity index (χ0v) is 11.0. The monoisotopic (exact) mass is 272 g/mol. The van der Waals surface area contributed by atoms with Crippen LogP contribution >= 0.6 is 0 Å². The van der Waals surface area contributed by atoms with Gasteiger partial charge in [0.1, 0.15) is 0 Å². The lowest BCUT2D eigenvalue weighted by Crippen LogP contribution is -2.38. The number of nitrogens with one attached hydrogen (secondary N) is 1. The standard InChI is InChI=1S/C12H18F2N4O/c1-17(7-11(13)14)12(19)10-5-15-4-9(10)8-3-16-18(2)6-8/h3,6,9-11,15H,4-5,7H2,1-2H3/t9-,10+/m1/s1. The van der Waals surface area contributed by atoms with Crippen molar-refractivity contribution in [1.82, 2.24) is 20.0 Å². The number of halogens is 2. The Balaban J connectivity index is 2.08. The van der Waals surface area contributed by atoms with Crippen LogP contribution in [0.2, 0.25) is 0 Å². The molecule has 7 heteroatoms. The second-order valence-electron chi connectivity index (χ2n) is 4.93. The van der Waals surface area contributed by atoms with E-state index in [0.717, 1.165) is 10.5 Å². The Hall–Kier alpha value is -1.50. The summed E-state index contributed by atoms with van der Waals surface area (Å²) in [7, 11) is 3.23. The number of hydrogen-bond acceptors (Lipinski definition) is 3. The second-order valence-corrected chi connectivity index (χ2v) is 4.93. The number of aromatic nitrogens is 2. The van der Waals surface area contributed by atoms with Gasteiger partial charge in [0.15, 0.2) is 0 Å². The largest absolute Gasteiger partial charge is 0.340 e. The molecule has 0 saturated carbocycles. The summed E-state index contributed by atoms with van der Waals surface area (Å²) in [6.07, 6.45) is 1.09. The molecule has 1 N–H and O–H groups in total. The first kappa shape index (κ1) is 13.9. The van der Waals surface area contributed by atoms with Gasteiger partial charge in [-0.25, -0.2) is 8.78 Å². The van der Waals surface area contributed by atoms with Crippen molar-refractivity contribution < 1.29 is 13.6 Å². The highest BCUT2D eigenvalue weighted by Crippen LogP contribution is 2.29. The molecule has 2 atom stereocenters. The van der Waals surface area contributed by atoms with Crippen molar-refractivity contribution in [2.24, 2.45) is 13.0 Å². The molecule has 0 spiro atoms. The molecule has 0 unspecified atom stereocenters. The average Bonchev–Trinajstić information content (AvgIpc) is 2.94. The summed E-state index contributed by atoms with van der Waals surface area (Å²) < 4.78 is 26.3. The molecule has 1 aliphatic heterocycles. The van der Waals surface area contributed by atoms with E-state index in [1.807, 2.05) is 13.2 Å². The van der Waals surface area contributed by atoms with Crippen LogP contribution in [-0.2, 0) is 11.8 Å². The van der Waals surface area contributed by atoms with Crippen LogP contribution in [0, 0.1) is 5.92 Å². The molecule has 19 heavy (non-hydrogen) atoms. The third-order valence-corrected chi connectivity index (χ3v) is 3.47. The van der Waals surface area contributed by atoms with Gasteiger partial charge in [-0.2, -0.15) is 5.10 Å². The Morgan fingerprint density at radius 3 is 2.95 bits per heavy atom. The number of hydrogen-bond donors (Lipinski definition) is 1. The first-order chi connectivity index (χ1) is 8.99. The van der Waals surface area contributed by atoms with Crippen molar-refractivity contribution in [2.75, 3.05) is 26.7 Å². The van der Waals surface area contributed by atoms with Gasteiger partial charge in [0, 0.05) is 39.3 Å². The number of carbonyl (C=O) groups is 1. The van der Waals surface area contributed by atoms with E-state index in [-0.39, 0.29) is 17.7 Å². The van der Waals surface area contributed by atoms with Crippen LogP contribution < -0.4 is 5.32 Å². The summed E-state index contributed by atoms with van der Waals surface area (Å²) in [5.74, 6) is -0.534. The van der Waals surface area contributed by atoms with Gasteiger partial charge >= 0.3 is 0 Å². The van der Waals surface area contributed by atoms with Crippen molar-refractivity contribution in [2.45, 2.75) is 12.3 Å². The van der Waals surface area contributed by atoms with E-state index in [2.05, 4.69) is 10.4 Å². The fourth-order valence-electron chi connectivity index (χ4n) is 2.50. The number of nitrogens with zero attached hydrogens (tertiary/aromatic N) is 3. The first-order valence-electron chi connectivity index (χ1n) is 6.21. The Bertz CT molecular complexity index is 449. The van der Waals surface area contributed by atoms with Gasteiger partial charge in [-0.05, 0) is 5.56 Å². The second kappa shape index (κ2) is 5.64. The van der Waals surface area contributed by atoms with Gasteiger partial charge in [-0.15, -0.1) is 0 Å². The van der Waals surface area contributed by atoms with Crippen LogP contribution in [0.4, 0.5) is 8.78 Å². The zero-order valence-electron chi connectivity index (χ0n) is 11.0. The van der Waals surface area contributed by atoms with Crippen molar-refractivity contribution in [3.63, 3.8) is 0 Å². The molecular formula is C12H18F2N4O. The minimum Gasteiger partial charge on any atom is -0.340 e. The molecule has 5 nitrogen and oxygen atoms in total. The molecule has 106 valence electrons. The molecule has 1 aromatic rings. The fourth-order valence-corrected chi connectivity index (χ4v) is 2.50. The molecule has 1 aromatic heterocycles. The van der Waals surface area contributed by atoms with E-state index in [1.165, 1.54) is 7.05 Å². The van der Waals surface area contributed by atoms with E-state index in [0.29, 0.717) is 13.1 Å². The lowest BCUT2D eigenvalue weighted by Gasteiger charge is -2.23. The van der Waals surface area contributed by atoms with Crippen molar-refractivity contribution >= 4 is 5.91 Å². The highest BCUT2D eigenvalue weighted by atomic mass is 19.3. The molecule has 1 saturated heterocycles. The van der Waals surface area contributed by atoms with E-state index in [1.54, 1.807) is 10.9 Å². The van der Waals surface area contributed by atoms with Crippen LogP contribution in [0.3, 0.4) is 0 Å². The molecule has 2 heterocycles. The van der Waals surface area contributed by atoms with Crippen LogP contribution in [0.25, 0.3) is 0 Å². The summed E-state index contributed by atoms with van der Waals surface area (Å²) in [5.41, 5.74) is 0.969. The number of aryl methyl sites for hydroxylation is 1. The van der Waals surface area contributed by atoms with Gasteiger partial charge in [0.2, 0.25) is 5.91 Å². The highest BCUT2D eigenvalue weighted by molar-refractivity contribution is 5.80. The topological polar surface area (TPSA) is 50.2 Å². The average molecular weight is 272 g/mol. The van der Waals surface area contributed by atoms with Gasteiger partial charge in [-0.1, -0.05) is 0 Å². The van der Waals surface area contributed by atoms with E-state index >= 15 is 0 Å². The molecule has 1 amide bonds. The quantitative estimate of drug-likeness (QED) is 0.865. The Morgan fingerprint density at radius 1 is 1.63 bits per heavy atom. The molecule has 1 fully saturated rings. The summed E-state index contributed by atoms with van der Waals surface area (Å²) in [5, 5.41) is 7.24. The Labute approximate surface area is 110 Å².